The molecule has 0 aliphatic heterocycles. The predicted octanol–water partition coefficient (Wildman–Crippen LogP) is 12.5. The topological polar surface area (TPSA) is 3.24 Å². The Morgan fingerprint density at radius 1 is 0.551 bits per heavy atom. The molecule has 0 N–H and O–H groups in total. The van der Waals surface area contributed by atoms with Crippen molar-refractivity contribution in [3.8, 4) is 22.3 Å². The van der Waals surface area contributed by atoms with Crippen molar-refractivity contribution < 1.29 is 0 Å². The van der Waals surface area contributed by atoms with Crippen LogP contribution in [0, 0.1) is 29.1 Å². The lowest BCUT2D eigenvalue weighted by Gasteiger charge is -2.76. The summed E-state index contributed by atoms with van der Waals surface area (Å²) >= 11 is 0. The molecular formula is C48H47N. The maximum atomic E-state index is 2.67. The molecule has 6 unspecified atom stereocenters. The van der Waals surface area contributed by atoms with Gasteiger partial charge in [0.25, 0.3) is 0 Å². The van der Waals surface area contributed by atoms with Crippen molar-refractivity contribution >= 4 is 17.1 Å². The average Bonchev–Trinajstić information content (AvgIpc) is 3.75. The summed E-state index contributed by atoms with van der Waals surface area (Å²) < 4.78 is 0. The number of nitrogens with zero attached hydrogens (tertiary/aromatic N) is 1. The van der Waals surface area contributed by atoms with Gasteiger partial charge in [-0.25, -0.2) is 0 Å². The lowest BCUT2D eigenvalue weighted by Crippen LogP contribution is -2.73. The molecule has 0 heterocycles. The fourth-order valence-electron chi connectivity index (χ4n) is 13.4. The van der Waals surface area contributed by atoms with E-state index in [1.807, 2.05) is 0 Å². The molecule has 1 heteroatoms. The van der Waals surface area contributed by atoms with Crippen molar-refractivity contribution in [2.75, 3.05) is 4.90 Å². The van der Waals surface area contributed by atoms with Crippen molar-refractivity contribution in [1.29, 1.82) is 0 Å². The molecule has 0 aromatic heterocycles. The van der Waals surface area contributed by atoms with E-state index in [2.05, 4.69) is 148 Å². The molecule has 6 aliphatic rings. The van der Waals surface area contributed by atoms with E-state index >= 15 is 0 Å². The molecule has 49 heavy (non-hydrogen) atoms. The lowest BCUT2D eigenvalue weighted by atomic mass is 9.27. The molecule has 2 spiro atoms. The molecule has 4 saturated carbocycles. The van der Waals surface area contributed by atoms with Crippen LogP contribution in [0.5, 0.6) is 0 Å². The zero-order valence-corrected chi connectivity index (χ0v) is 29.5. The number of fused-ring (bicyclic) bond motifs is 9. The first-order valence-electron chi connectivity index (χ1n) is 19.1. The van der Waals surface area contributed by atoms with Gasteiger partial charge in [-0.1, -0.05) is 119 Å². The Hall–Kier alpha value is -4.10. The molecule has 0 amide bonds. The second-order valence-electron chi connectivity index (χ2n) is 18.0. The summed E-state index contributed by atoms with van der Waals surface area (Å²) in [4.78, 5) is 2.67. The molecule has 11 rings (SSSR count). The van der Waals surface area contributed by atoms with Gasteiger partial charge >= 0.3 is 0 Å². The highest BCUT2D eigenvalue weighted by molar-refractivity contribution is 6.02. The van der Waals surface area contributed by atoms with Gasteiger partial charge < -0.3 is 4.90 Å². The fraction of sp³-hybridized carbons (Fsp3) is 0.375. The van der Waals surface area contributed by atoms with Gasteiger partial charge in [-0.15, -0.1) is 0 Å². The summed E-state index contributed by atoms with van der Waals surface area (Å²) in [7, 11) is 0. The minimum Gasteiger partial charge on any atom is -0.310 e. The smallest absolute Gasteiger partial charge is 0.0543 e. The van der Waals surface area contributed by atoms with Gasteiger partial charge in [0.15, 0.2) is 0 Å². The summed E-state index contributed by atoms with van der Waals surface area (Å²) in [6.07, 6.45) is 8.24. The van der Waals surface area contributed by atoms with Crippen LogP contribution in [0.2, 0.25) is 0 Å². The Morgan fingerprint density at radius 3 is 1.94 bits per heavy atom. The molecule has 0 radical (unpaired) electrons. The first-order chi connectivity index (χ1) is 23.8. The third-order valence-corrected chi connectivity index (χ3v) is 15.2. The summed E-state index contributed by atoms with van der Waals surface area (Å²) in [6.45, 7) is 9.88. The Balaban J connectivity index is 1.23. The SMILES string of the molecule is CC1(C)CCC(C)(C)c2c(N(c3ccccc3)c3cccc4c3-c3c(-c5ccccc5)cccc3C43C4CC5CC6CC3C64C5)cccc21. The van der Waals surface area contributed by atoms with Gasteiger partial charge in [0.05, 0.1) is 11.4 Å². The number of benzene rings is 5. The highest BCUT2D eigenvalue weighted by atomic mass is 15.2. The Bertz CT molecular complexity index is 2170. The van der Waals surface area contributed by atoms with Crippen LogP contribution in [0.15, 0.2) is 115 Å². The zero-order chi connectivity index (χ0) is 32.9. The van der Waals surface area contributed by atoms with Crippen LogP contribution in [0.1, 0.15) is 88.5 Å². The van der Waals surface area contributed by atoms with Crippen LogP contribution in [-0.4, -0.2) is 0 Å². The fourth-order valence-corrected chi connectivity index (χ4v) is 13.4. The van der Waals surface area contributed by atoms with E-state index < -0.39 is 0 Å². The Kier molecular flexibility index (Phi) is 5.49. The van der Waals surface area contributed by atoms with Crippen molar-refractivity contribution in [2.24, 2.45) is 29.1 Å². The maximum absolute atomic E-state index is 2.67. The third kappa shape index (κ3) is 3.34. The van der Waals surface area contributed by atoms with Crippen LogP contribution < -0.4 is 4.90 Å². The highest BCUT2D eigenvalue weighted by Crippen LogP contribution is 2.90. The summed E-state index contributed by atoms with van der Waals surface area (Å²) in [5.41, 5.74) is 16.9. The summed E-state index contributed by atoms with van der Waals surface area (Å²) in [5, 5.41) is 0. The predicted molar refractivity (Wildman–Crippen MR) is 203 cm³/mol. The van der Waals surface area contributed by atoms with Crippen LogP contribution in [0.3, 0.4) is 0 Å². The lowest BCUT2D eigenvalue weighted by molar-refractivity contribution is -0.231. The van der Waals surface area contributed by atoms with Crippen molar-refractivity contribution in [3.05, 3.63) is 138 Å². The van der Waals surface area contributed by atoms with Crippen molar-refractivity contribution in [2.45, 2.75) is 82.5 Å². The van der Waals surface area contributed by atoms with E-state index in [0.717, 1.165) is 23.7 Å². The van der Waals surface area contributed by atoms with Gasteiger partial charge in [0, 0.05) is 16.7 Å². The second kappa shape index (κ2) is 9.36. The zero-order valence-electron chi connectivity index (χ0n) is 29.5. The van der Waals surface area contributed by atoms with Gasteiger partial charge in [0.2, 0.25) is 0 Å². The molecule has 4 fully saturated rings. The Morgan fingerprint density at radius 2 is 1.18 bits per heavy atom. The van der Waals surface area contributed by atoms with E-state index in [4.69, 9.17) is 0 Å². The molecule has 6 aliphatic carbocycles. The first-order valence-corrected chi connectivity index (χ1v) is 19.1. The normalized spacial score (nSPS) is 31.3. The third-order valence-electron chi connectivity index (χ3n) is 15.2. The van der Waals surface area contributed by atoms with E-state index in [1.54, 1.807) is 11.1 Å². The molecule has 5 aromatic carbocycles. The van der Waals surface area contributed by atoms with Crippen molar-refractivity contribution in [1.82, 2.24) is 0 Å². The quantitative estimate of drug-likeness (QED) is 0.189. The van der Waals surface area contributed by atoms with E-state index in [9.17, 15) is 0 Å². The molecule has 0 saturated heterocycles. The van der Waals surface area contributed by atoms with Crippen LogP contribution in [0.25, 0.3) is 22.3 Å². The largest absolute Gasteiger partial charge is 0.310 e. The molecular weight excluding hydrogens is 591 g/mol. The summed E-state index contributed by atoms with van der Waals surface area (Å²) in [6, 6.07) is 44.5. The highest BCUT2D eigenvalue weighted by Gasteiger charge is 2.84. The van der Waals surface area contributed by atoms with Crippen LogP contribution in [-0.2, 0) is 16.2 Å². The number of anilines is 3. The molecule has 2 bridgehead atoms. The molecule has 5 aromatic rings. The maximum Gasteiger partial charge on any atom is 0.0543 e. The van der Waals surface area contributed by atoms with Crippen LogP contribution >= 0.6 is 0 Å². The van der Waals surface area contributed by atoms with E-state index in [0.29, 0.717) is 5.41 Å². The average molecular weight is 638 g/mol. The minimum atomic E-state index is 0.0745. The van der Waals surface area contributed by atoms with Gasteiger partial charge in [0.1, 0.15) is 0 Å². The second-order valence-corrected chi connectivity index (χ2v) is 18.0. The number of para-hydroxylation sites is 1. The van der Waals surface area contributed by atoms with Gasteiger partial charge in [-0.05, 0) is 142 Å². The van der Waals surface area contributed by atoms with Gasteiger partial charge in [-0.3, -0.25) is 0 Å². The molecule has 6 atom stereocenters. The number of rotatable bonds is 4. The van der Waals surface area contributed by atoms with E-state index in [-0.39, 0.29) is 16.2 Å². The number of hydrogen-bond acceptors (Lipinski definition) is 1. The Labute approximate surface area is 292 Å². The standard InChI is InChI=1S/C48H47N/c1-45(2)24-25-46(3,4)44-37(45)21-13-23-39(44)49(33-16-9-6-10-17-33)38-22-12-20-36-43(38)42-34(31-14-7-5-8-15-31)18-11-19-35(42)48(36)40-27-30-26-32-28-41(48)47(32,40)29-30/h5-23,30,32,40-41H,24-29H2,1-4H3. The van der Waals surface area contributed by atoms with Crippen molar-refractivity contribution in [3.63, 3.8) is 0 Å². The first kappa shape index (κ1) is 28.7. The van der Waals surface area contributed by atoms with Crippen LogP contribution in [0.4, 0.5) is 17.1 Å². The molecule has 244 valence electrons. The summed E-state index contributed by atoms with van der Waals surface area (Å²) in [5.74, 6) is 3.47. The number of hydrogen-bond donors (Lipinski definition) is 0. The molecule has 1 nitrogen and oxygen atoms in total. The van der Waals surface area contributed by atoms with E-state index in [1.165, 1.54) is 89.0 Å². The van der Waals surface area contributed by atoms with Gasteiger partial charge in [-0.2, -0.15) is 0 Å². The minimum absolute atomic E-state index is 0.0745. The monoisotopic (exact) mass is 637 g/mol.